The fourth-order valence-electron chi connectivity index (χ4n) is 3.47. The van der Waals surface area contributed by atoms with Gasteiger partial charge < -0.3 is 14.2 Å². The molecule has 6 heteroatoms. The Morgan fingerprint density at radius 2 is 1.76 bits per heavy atom. The molecule has 1 aliphatic carbocycles. The van der Waals surface area contributed by atoms with Crippen molar-refractivity contribution in [2.75, 3.05) is 22.9 Å². The largest absolute Gasteiger partial charge is 0.438 e. The van der Waals surface area contributed by atoms with E-state index in [0.717, 1.165) is 29.9 Å². The second-order valence-electron chi connectivity index (χ2n) is 6.98. The van der Waals surface area contributed by atoms with Crippen LogP contribution in [0.25, 0.3) is 0 Å². The summed E-state index contributed by atoms with van der Waals surface area (Å²) in [7, 11) is 0. The van der Waals surface area contributed by atoms with Crippen molar-refractivity contribution >= 4 is 23.2 Å². The Labute approximate surface area is 146 Å². The quantitative estimate of drug-likeness (QED) is 0.843. The number of rotatable bonds is 2. The molecule has 1 fully saturated rings. The van der Waals surface area contributed by atoms with Gasteiger partial charge in [-0.2, -0.15) is 0 Å². The number of anilines is 2. The van der Waals surface area contributed by atoms with Crippen LogP contribution >= 0.6 is 0 Å². The lowest BCUT2D eigenvalue weighted by Gasteiger charge is -2.24. The van der Waals surface area contributed by atoms with Crippen LogP contribution in [0.5, 0.6) is 0 Å². The monoisotopic (exact) mass is 339 g/mol. The molecule has 2 aliphatic rings. The van der Waals surface area contributed by atoms with Gasteiger partial charge in [0.25, 0.3) is 5.91 Å². The zero-order valence-electron chi connectivity index (χ0n) is 14.4. The van der Waals surface area contributed by atoms with Crippen molar-refractivity contribution in [2.24, 2.45) is 5.92 Å². The highest BCUT2D eigenvalue weighted by molar-refractivity contribution is 6.08. The SMILES string of the molecule is CC(=O)N1CC(C)CN(C(=O)c2ocnc2C2CC2)c2ccccc21. The van der Waals surface area contributed by atoms with Gasteiger partial charge in [-0.3, -0.25) is 9.59 Å². The third-order valence-corrected chi connectivity index (χ3v) is 4.83. The maximum atomic E-state index is 13.2. The van der Waals surface area contributed by atoms with Gasteiger partial charge in [-0.05, 0) is 30.9 Å². The molecule has 0 radical (unpaired) electrons. The van der Waals surface area contributed by atoms with Gasteiger partial charge in [0.1, 0.15) is 0 Å². The van der Waals surface area contributed by atoms with Crippen molar-refractivity contribution in [3.8, 4) is 0 Å². The first kappa shape index (κ1) is 15.9. The van der Waals surface area contributed by atoms with Crippen molar-refractivity contribution in [2.45, 2.75) is 32.6 Å². The number of hydrogen-bond acceptors (Lipinski definition) is 4. The highest BCUT2D eigenvalue weighted by Crippen LogP contribution is 2.42. The number of carbonyl (C=O) groups is 2. The lowest BCUT2D eigenvalue weighted by atomic mass is 10.1. The van der Waals surface area contributed by atoms with Crippen molar-refractivity contribution in [3.63, 3.8) is 0 Å². The van der Waals surface area contributed by atoms with Crippen molar-refractivity contribution < 1.29 is 14.0 Å². The number of aromatic nitrogens is 1. The molecular weight excluding hydrogens is 318 g/mol. The van der Waals surface area contributed by atoms with E-state index in [4.69, 9.17) is 4.42 Å². The van der Waals surface area contributed by atoms with Crippen LogP contribution in [0, 0.1) is 5.92 Å². The maximum Gasteiger partial charge on any atom is 0.296 e. The van der Waals surface area contributed by atoms with Gasteiger partial charge in [0, 0.05) is 25.9 Å². The number of para-hydroxylation sites is 2. The summed E-state index contributed by atoms with van der Waals surface area (Å²) in [6, 6.07) is 7.54. The average molecular weight is 339 g/mol. The van der Waals surface area contributed by atoms with Crippen LogP contribution < -0.4 is 9.80 Å². The standard InChI is InChI=1S/C19H21N3O3/c1-12-9-21(13(2)23)15-5-3-4-6-16(15)22(10-12)19(24)18-17(14-7-8-14)20-11-25-18/h3-6,11-12,14H,7-10H2,1-2H3. The number of hydrogen-bond donors (Lipinski definition) is 0. The molecule has 130 valence electrons. The number of carbonyl (C=O) groups excluding carboxylic acids is 2. The molecule has 1 unspecified atom stereocenters. The Kier molecular flexibility index (Phi) is 3.82. The van der Waals surface area contributed by atoms with E-state index in [1.165, 1.54) is 6.39 Å². The molecule has 4 rings (SSSR count). The molecule has 0 bridgehead atoms. The van der Waals surface area contributed by atoms with Gasteiger partial charge in [0.15, 0.2) is 6.39 Å². The molecule has 6 nitrogen and oxygen atoms in total. The van der Waals surface area contributed by atoms with Crippen molar-refractivity contribution in [3.05, 3.63) is 42.1 Å². The fraction of sp³-hybridized carbons (Fsp3) is 0.421. The van der Waals surface area contributed by atoms with E-state index in [-0.39, 0.29) is 17.7 Å². The van der Waals surface area contributed by atoms with Gasteiger partial charge in [-0.15, -0.1) is 0 Å². The predicted molar refractivity (Wildman–Crippen MR) is 93.8 cm³/mol. The average Bonchev–Trinajstić information content (AvgIpc) is 3.35. The van der Waals surface area contributed by atoms with E-state index in [1.807, 2.05) is 31.2 Å². The first-order valence-electron chi connectivity index (χ1n) is 8.68. The zero-order valence-corrected chi connectivity index (χ0v) is 14.4. The normalized spacial score (nSPS) is 20.2. The number of amides is 2. The molecular formula is C19H21N3O3. The second kappa shape index (κ2) is 6.02. The van der Waals surface area contributed by atoms with E-state index in [1.54, 1.807) is 16.7 Å². The first-order chi connectivity index (χ1) is 12.1. The van der Waals surface area contributed by atoms with Gasteiger partial charge in [-0.25, -0.2) is 4.98 Å². The van der Waals surface area contributed by atoms with Crippen LogP contribution in [0.15, 0.2) is 35.1 Å². The van der Waals surface area contributed by atoms with E-state index >= 15 is 0 Å². The predicted octanol–water partition coefficient (Wildman–Crippen LogP) is 3.20. The summed E-state index contributed by atoms with van der Waals surface area (Å²) in [6.07, 6.45) is 3.46. The van der Waals surface area contributed by atoms with Crippen LogP contribution in [0.2, 0.25) is 0 Å². The zero-order chi connectivity index (χ0) is 17.6. The van der Waals surface area contributed by atoms with E-state index < -0.39 is 0 Å². The van der Waals surface area contributed by atoms with Gasteiger partial charge in [0.05, 0.1) is 17.1 Å². The van der Waals surface area contributed by atoms with Crippen molar-refractivity contribution in [1.29, 1.82) is 0 Å². The summed E-state index contributed by atoms with van der Waals surface area (Å²) in [5.74, 6) is 0.621. The van der Waals surface area contributed by atoms with Gasteiger partial charge in [0.2, 0.25) is 11.7 Å². The first-order valence-corrected chi connectivity index (χ1v) is 8.68. The van der Waals surface area contributed by atoms with E-state index in [2.05, 4.69) is 4.98 Å². The number of fused-ring (bicyclic) bond motifs is 1. The molecule has 25 heavy (non-hydrogen) atoms. The molecule has 1 saturated carbocycles. The molecule has 2 amide bonds. The number of nitrogens with zero attached hydrogens (tertiary/aromatic N) is 3. The highest BCUT2D eigenvalue weighted by atomic mass is 16.3. The minimum atomic E-state index is -0.177. The van der Waals surface area contributed by atoms with E-state index in [0.29, 0.717) is 24.8 Å². The van der Waals surface area contributed by atoms with Gasteiger partial charge >= 0.3 is 0 Å². The third-order valence-electron chi connectivity index (χ3n) is 4.83. The summed E-state index contributed by atoms with van der Waals surface area (Å²) in [5.41, 5.74) is 2.27. The lowest BCUT2D eigenvalue weighted by molar-refractivity contribution is -0.116. The summed E-state index contributed by atoms with van der Waals surface area (Å²) >= 11 is 0. The second-order valence-corrected chi connectivity index (χ2v) is 6.98. The lowest BCUT2D eigenvalue weighted by Crippen LogP contribution is -2.36. The van der Waals surface area contributed by atoms with Crippen LogP contribution in [-0.2, 0) is 4.79 Å². The smallest absolute Gasteiger partial charge is 0.296 e. The molecule has 2 aromatic rings. The molecule has 1 aromatic carbocycles. The summed E-state index contributed by atoms with van der Waals surface area (Å²) in [5, 5.41) is 0. The Bertz CT molecular complexity index is 825. The third kappa shape index (κ3) is 2.81. The van der Waals surface area contributed by atoms with Crippen LogP contribution in [0.4, 0.5) is 11.4 Å². The molecule has 0 N–H and O–H groups in total. The number of benzene rings is 1. The van der Waals surface area contributed by atoms with E-state index in [9.17, 15) is 9.59 Å². The molecule has 1 atom stereocenters. The Morgan fingerprint density at radius 1 is 1.12 bits per heavy atom. The molecule has 1 aromatic heterocycles. The Morgan fingerprint density at radius 3 is 2.40 bits per heavy atom. The molecule has 0 saturated heterocycles. The fourth-order valence-corrected chi connectivity index (χ4v) is 3.47. The topological polar surface area (TPSA) is 66.7 Å². The summed E-state index contributed by atoms with van der Waals surface area (Å²) < 4.78 is 5.46. The highest BCUT2D eigenvalue weighted by Gasteiger charge is 2.36. The van der Waals surface area contributed by atoms with Crippen molar-refractivity contribution in [1.82, 2.24) is 4.98 Å². The Balaban J connectivity index is 1.77. The summed E-state index contributed by atoms with van der Waals surface area (Å²) in [4.78, 5) is 33.1. The van der Waals surface area contributed by atoms with Gasteiger partial charge in [-0.1, -0.05) is 19.1 Å². The van der Waals surface area contributed by atoms with Crippen LogP contribution in [0.1, 0.15) is 48.9 Å². The maximum absolute atomic E-state index is 13.2. The minimum absolute atomic E-state index is 0.0214. The molecule has 2 heterocycles. The van der Waals surface area contributed by atoms with Crippen LogP contribution in [0.3, 0.4) is 0 Å². The van der Waals surface area contributed by atoms with Crippen LogP contribution in [-0.4, -0.2) is 29.9 Å². The Hall–Kier alpha value is -2.63. The molecule has 1 aliphatic heterocycles. The summed E-state index contributed by atoms with van der Waals surface area (Å²) in [6.45, 7) is 4.72. The molecule has 0 spiro atoms. The number of oxazole rings is 1. The minimum Gasteiger partial charge on any atom is -0.438 e.